The Hall–Kier alpha value is -2.33. The van der Waals surface area contributed by atoms with Crippen molar-refractivity contribution in [2.45, 2.75) is 37.7 Å². The third-order valence-corrected chi connectivity index (χ3v) is 7.52. The van der Waals surface area contributed by atoms with Gasteiger partial charge in [-0.3, -0.25) is 9.36 Å². The van der Waals surface area contributed by atoms with E-state index >= 15 is 0 Å². The highest BCUT2D eigenvalue weighted by molar-refractivity contribution is 7.98. The highest BCUT2D eigenvalue weighted by Gasteiger charge is 2.21. The molecule has 3 heterocycles. The average molecular weight is 522 g/mol. The Balaban J connectivity index is 1.58. The molecule has 4 aromatic rings. The lowest BCUT2D eigenvalue weighted by Crippen LogP contribution is -2.36. The van der Waals surface area contributed by atoms with Crippen LogP contribution >= 0.6 is 46.3 Å². The number of nitrogens with one attached hydrogen (secondary N) is 1. The lowest BCUT2D eigenvalue weighted by atomic mass is 10.1. The molecule has 0 aliphatic carbocycles. The highest BCUT2D eigenvalue weighted by atomic mass is 35.5. The third-order valence-electron chi connectivity index (χ3n) is 4.99. The lowest BCUT2D eigenvalue weighted by Gasteiger charge is -2.16. The maximum absolute atomic E-state index is 12.5. The van der Waals surface area contributed by atoms with Gasteiger partial charge in [-0.1, -0.05) is 48.8 Å². The van der Waals surface area contributed by atoms with Crippen molar-refractivity contribution < 1.29 is 9.21 Å². The van der Waals surface area contributed by atoms with E-state index in [1.54, 1.807) is 42.0 Å². The number of hydrogen-bond donors (Lipinski definition) is 1. The lowest BCUT2D eigenvalue weighted by molar-refractivity contribution is 0.0926. The van der Waals surface area contributed by atoms with Gasteiger partial charge in [-0.05, 0) is 43.2 Å². The van der Waals surface area contributed by atoms with Crippen LogP contribution in [0.1, 0.15) is 36.3 Å². The number of nitrogens with zero attached hydrogens (tertiary/aromatic N) is 4. The molecule has 1 aromatic carbocycles. The normalized spacial score (nSPS) is 12.3. The molecule has 0 radical (unpaired) electrons. The molecule has 0 aliphatic heterocycles. The molecule has 1 amide bonds. The van der Waals surface area contributed by atoms with Gasteiger partial charge in [0.25, 0.3) is 5.91 Å². The molecule has 1 N–H and O–H groups in total. The Morgan fingerprint density at radius 1 is 1.24 bits per heavy atom. The van der Waals surface area contributed by atoms with Crippen LogP contribution in [0.15, 0.2) is 51.5 Å². The summed E-state index contributed by atoms with van der Waals surface area (Å²) in [7, 11) is 0. The molecule has 0 saturated carbocycles. The summed E-state index contributed by atoms with van der Waals surface area (Å²) in [6, 6.07) is 8.85. The molecule has 172 valence electrons. The molecular formula is C22H21Cl2N5O2S2. The molecule has 0 spiro atoms. The molecular weight excluding hydrogens is 501 g/mol. The molecule has 4 rings (SSSR count). The van der Waals surface area contributed by atoms with Crippen LogP contribution in [-0.4, -0.2) is 31.7 Å². The molecule has 11 heteroatoms. The standard InChI is InChI=1S/C22H21Cl2N5O2S2/c1-12(2)13(3)25-21(30)16-10-32-19(26-16)11-33-22-28-27-20(18-5-4-8-31-18)29(22)17-9-14(23)6-7-15(17)24/h4-10,12-13H,11H2,1-3H3,(H,25,30). The summed E-state index contributed by atoms with van der Waals surface area (Å²) in [5.41, 5.74) is 1.06. The minimum absolute atomic E-state index is 0.0676. The Morgan fingerprint density at radius 3 is 2.79 bits per heavy atom. The smallest absolute Gasteiger partial charge is 0.270 e. The van der Waals surface area contributed by atoms with Gasteiger partial charge in [-0.2, -0.15) is 0 Å². The number of hydrogen-bond acceptors (Lipinski definition) is 7. The van der Waals surface area contributed by atoms with E-state index in [1.165, 1.54) is 23.1 Å². The van der Waals surface area contributed by atoms with E-state index in [0.29, 0.717) is 49.8 Å². The zero-order valence-corrected chi connectivity index (χ0v) is 21.2. The van der Waals surface area contributed by atoms with Gasteiger partial charge in [0.15, 0.2) is 10.9 Å². The van der Waals surface area contributed by atoms with E-state index in [0.717, 1.165) is 5.01 Å². The van der Waals surface area contributed by atoms with Gasteiger partial charge in [-0.25, -0.2) is 4.98 Å². The largest absolute Gasteiger partial charge is 0.461 e. The van der Waals surface area contributed by atoms with E-state index in [2.05, 4.69) is 34.3 Å². The van der Waals surface area contributed by atoms with Crippen LogP contribution in [0.25, 0.3) is 17.3 Å². The number of benzene rings is 1. The molecule has 0 bridgehead atoms. The number of thiazole rings is 1. The SMILES string of the molecule is CC(C)C(C)NC(=O)c1csc(CSc2nnc(-c3ccco3)n2-c2cc(Cl)ccc2Cl)n1. The van der Waals surface area contributed by atoms with Gasteiger partial charge < -0.3 is 9.73 Å². The maximum Gasteiger partial charge on any atom is 0.270 e. The van der Waals surface area contributed by atoms with E-state index < -0.39 is 0 Å². The van der Waals surface area contributed by atoms with Gasteiger partial charge >= 0.3 is 0 Å². The van der Waals surface area contributed by atoms with Crippen molar-refractivity contribution in [3.05, 3.63) is 62.7 Å². The maximum atomic E-state index is 12.5. The summed E-state index contributed by atoms with van der Waals surface area (Å²) < 4.78 is 7.35. The van der Waals surface area contributed by atoms with Crippen molar-refractivity contribution in [3.8, 4) is 17.3 Å². The molecule has 33 heavy (non-hydrogen) atoms. The molecule has 1 unspecified atom stereocenters. The highest BCUT2D eigenvalue weighted by Crippen LogP contribution is 2.34. The first-order chi connectivity index (χ1) is 15.8. The number of furan rings is 1. The van der Waals surface area contributed by atoms with Crippen LogP contribution in [0, 0.1) is 5.92 Å². The second-order valence-electron chi connectivity index (χ2n) is 7.64. The van der Waals surface area contributed by atoms with Gasteiger partial charge in [0.05, 0.1) is 22.7 Å². The van der Waals surface area contributed by atoms with Crippen LogP contribution < -0.4 is 5.32 Å². The fourth-order valence-electron chi connectivity index (χ4n) is 2.86. The number of halogens is 2. The minimum atomic E-state index is -0.169. The second-order valence-corrected chi connectivity index (χ2v) is 10.4. The van der Waals surface area contributed by atoms with Crippen LogP contribution in [-0.2, 0) is 5.75 Å². The predicted octanol–water partition coefficient (Wildman–Crippen LogP) is 6.36. The summed E-state index contributed by atoms with van der Waals surface area (Å²) in [6.45, 7) is 6.11. The Bertz CT molecular complexity index is 1250. The number of aromatic nitrogens is 4. The molecule has 0 fully saturated rings. The summed E-state index contributed by atoms with van der Waals surface area (Å²) in [6.07, 6.45) is 1.57. The first-order valence-electron chi connectivity index (χ1n) is 10.2. The number of rotatable bonds is 8. The molecule has 7 nitrogen and oxygen atoms in total. The van der Waals surface area contributed by atoms with Crippen molar-refractivity contribution >= 4 is 52.2 Å². The second kappa shape index (κ2) is 10.3. The minimum Gasteiger partial charge on any atom is -0.461 e. The van der Waals surface area contributed by atoms with Crippen LogP contribution in [0.2, 0.25) is 10.0 Å². The van der Waals surface area contributed by atoms with Crippen LogP contribution in [0.5, 0.6) is 0 Å². The van der Waals surface area contributed by atoms with Gasteiger partial charge in [0.2, 0.25) is 5.82 Å². The van der Waals surface area contributed by atoms with E-state index in [4.69, 9.17) is 27.6 Å². The number of amides is 1. The predicted molar refractivity (Wildman–Crippen MR) is 133 cm³/mol. The molecule has 0 aliphatic rings. The monoisotopic (exact) mass is 521 g/mol. The van der Waals surface area contributed by atoms with Gasteiger partial charge in [-0.15, -0.1) is 21.5 Å². The van der Waals surface area contributed by atoms with Gasteiger partial charge in [0, 0.05) is 16.4 Å². The fraction of sp³-hybridized carbons (Fsp3) is 0.273. The quantitative estimate of drug-likeness (QED) is 0.271. The van der Waals surface area contributed by atoms with Crippen molar-refractivity contribution in [1.29, 1.82) is 0 Å². The summed E-state index contributed by atoms with van der Waals surface area (Å²) >= 11 is 15.6. The fourth-order valence-corrected chi connectivity index (χ4v) is 4.96. The average Bonchev–Trinajstić information content (AvgIpc) is 3.54. The zero-order valence-electron chi connectivity index (χ0n) is 18.1. The van der Waals surface area contributed by atoms with Crippen molar-refractivity contribution in [1.82, 2.24) is 25.1 Å². The van der Waals surface area contributed by atoms with Crippen LogP contribution in [0.4, 0.5) is 0 Å². The first kappa shape index (κ1) is 23.8. The van der Waals surface area contributed by atoms with E-state index in [-0.39, 0.29) is 11.9 Å². The molecule has 1 atom stereocenters. The van der Waals surface area contributed by atoms with Gasteiger partial charge in [0.1, 0.15) is 10.7 Å². The Kier molecular flexibility index (Phi) is 7.43. The summed E-state index contributed by atoms with van der Waals surface area (Å²) in [4.78, 5) is 16.9. The Morgan fingerprint density at radius 2 is 2.06 bits per heavy atom. The number of carbonyl (C=O) groups excluding carboxylic acids is 1. The van der Waals surface area contributed by atoms with Crippen LogP contribution in [0.3, 0.4) is 0 Å². The zero-order chi connectivity index (χ0) is 23.5. The molecule has 0 saturated heterocycles. The van der Waals surface area contributed by atoms with Crippen molar-refractivity contribution in [3.63, 3.8) is 0 Å². The molecule has 3 aromatic heterocycles. The summed E-state index contributed by atoms with van der Waals surface area (Å²) in [5, 5.41) is 15.8. The van der Waals surface area contributed by atoms with Crippen molar-refractivity contribution in [2.24, 2.45) is 5.92 Å². The Labute approximate surface area is 209 Å². The number of carbonyl (C=O) groups is 1. The first-order valence-corrected chi connectivity index (χ1v) is 12.8. The topological polar surface area (TPSA) is 85.8 Å². The van der Waals surface area contributed by atoms with E-state index in [1.807, 2.05) is 11.5 Å². The van der Waals surface area contributed by atoms with E-state index in [9.17, 15) is 4.79 Å². The third kappa shape index (κ3) is 5.43. The van der Waals surface area contributed by atoms with Crippen molar-refractivity contribution in [2.75, 3.05) is 0 Å². The summed E-state index contributed by atoms with van der Waals surface area (Å²) in [5.74, 6) is 1.74. The number of thioether (sulfide) groups is 1.